The van der Waals surface area contributed by atoms with Crippen molar-refractivity contribution in [2.45, 2.75) is 19.8 Å². The second-order valence-corrected chi connectivity index (χ2v) is 5.99. The van der Waals surface area contributed by atoms with Crippen LogP contribution in [-0.4, -0.2) is 23.9 Å². The fraction of sp³-hybridized carbons (Fsp3) is 0.462. The van der Waals surface area contributed by atoms with Crippen LogP contribution in [0.1, 0.15) is 30.1 Å². The maximum atomic E-state index is 12.3. The van der Waals surface area contributed by atoms with E-state index in [0.717, 1.165) is 35.4 Å². The Morgan fingerprint density at radius 2 is 2.00 bits per heavy atom. The van der Waals surface area contributed by atoms with Crippen LogP contribution in [0.3, 0.4) is 0 Å². The summed E-state index contributed by atoms with van der Waals surface area (Å²) in [6, 6.07) is 5.54. The van der Waals surface area contributed by atoms with Gasteiger partial charge in [-0.05, 0) is 59.5 Å². The largest absolute Gasteiger partial charge is 0.399 e. The minimum absolute atomic E-state index is 0.113. The highest BCUT2D eigenvalue weighted by Crippen LogP contribution is 2.20. The van der Waals surface area contributed by atoms with Crippen LogP contribution in [-0.2, 0) is 0 Å². The predicted octanol–water partition coefficient (Wildman–Crippen LogP) is 2.75. The van der Waals surface area contributed by atoms with E-state index in [9.17, 15) is 4.79 Å². The van der Waals surface area contributed by atoms with E-state index in [1.165, 1.54) is 0 Å². The van der Waals surface area contributed by atoms with Crippen LogP contribution in [0.15, 0.2) is 18.2 Å². The normalized spacial score (nSPS) is 17.2. The topological polar surface area (TPSA) is 46.3 Å². The van der Waals surface area contributed by atoms with Crippen molar-refractivity contribution in [2.24, 2.45) is 5.92 Å². The molecule has 0 saturated carbocycles. The quantitative estimate of drug-likeness (QED) is 0.629. The number of hydrogen-bond donors (Lipinski definition) is 1. The van der Waals surface area contributed by atoms with Crippen LogP contribution in [0.2, 0.25) is 0 Å². The number of carbonyl (C=O) groups is 1. The Morgan fingerprint density at radius 3 is 2.59 bits per heavy atom. The van der Waals surface area contributed by atoms with Gasteiger partial charge in [0.2, 0.25) is 0 Å². The third-order valence-electron chi connectivity index (χ3n) is 3.24. The van der Waals surface area contributed by atoms with E-state index in [-0.39, 0.29) is 5.91 Å². The molecule has 1 aliphatic rings. The molecule has 0 radical (unpaired) electrons. The number of nitrogens with two attached hydrogens (primary N) is 1. The van der Waals surface area contributed by atoms with E-state index in [1.54, 1.807) is 6.07 Å². The monoisotopic (exact) mass is 344 g/mol. The summed E-state index contributed by atoms with van der Waals surface area (Å²) in [6.07, 6.45) is 2.20. The molecule has 0 aliphatic carbocycles. The summed E-state index contributed by atoms with van der Waals surface area (Å²) in [5.41, 5.74) is 7.14. The van der Waals surface area contributed by atoms with Gasteiger partial charge >= 0.3 is 0 Å². The molecule has 92 valence electrons. The van der Waals surface area contributed by atoms with Gasteiger partial charge in [0, 0.05) is 27.9 Å². The Labute approximate surface area is 116 Å². The van der Waals surface area contributed by atoms with Gasteiger partial charge in [0.15, 0.2) is 0 Å². The molecule has 1 aromatic carbocycles. The third kappa shape index (κ3) is 3.12. The van der Waals surface area contributed by atoms with Gasteiger partial charge < -0.3 is 10.6 Å². The molecule has 1 aromatic rings. The number of nitrogen functional groups attached to an aromatic ring is 1. The molecule has 17 heavy (non-hydrogen) atoms. The van der Waals surface area contributed by atoms with Crippen molar-refractivity contribution in [3.63, 3.8) is 0 Å². The van der Waals surface area contributed by atoms with Gasteiger partial charge in [0.05, 0.1) is 0 Å². The van der Waals surface area contributed by atoms with Crippen molar-refractivity contribution in [3.8, 4) is 0 Å². The fourth-order valence-corrected chi connectivity index (χ4v) is 2.83. The van der Waals surface area contributed by atoms with Crippen molar-refractivity contribution in [1.29, 1.82) is 0 Å². The Kier molecular flexibility index (Phi) is 3.91. The van der Waals surface area contributed by atoms with Crippen molar-refractivity contribution in [1.82, 2.24) is 4.90 Å². The smallest absolute Gasteiger partial charge is 0.253 e. The summed E-state index contributed by atoms with van der Waals surface area (Å²) in [6.45, 7) is 3.97. The van der Waals surface area contributed by atoms with E-state index in [1.807, 2.05) is 17.0 Å². The second-order valence-electron chi connectivity index (χ2n) is 4.75. The van der Waals surface area contributed by atoms with E-state index in [4.69, 9.17) is 5.73 Å². The van der Waals surface area contributed by atoms with Crippen LogP contribution >= 0.6 is 22.6 Å². The molecule has 0 spiro atoms. The number of anilines is 1. The molecular formula is C13H17IN2O. The first-order valence-electron chi connectivity index (χ1n) is 5.91. The Balaban J connectivity index is 2.14. The summed E-state index contributed by atoms with van der Waals surface area (Å²) >= 11 is 2.19. The summed E-state index contributed by atoms with van der Waals surface area (Å²) < 4.78 is 1.01. The van der Waals surface area contributed by atoms with Crippen LogP contribution in [0.5, 0.6) is 0 Å². The van der Waals surface area contributed by atoms with Gasteiger partial charge in [-0.1, -0.05) is 6.92 Å². The zero-order chi connectivity index (χ0) is 12.4. The average molecular weight is 344 g/mol. The molecule has 0 bridgehead atoms. The molecule has 0 atom stereocenters. The number of hydrogen-bond acceptors (Lipinski definition) is 2. The number of piperidine rings is 1. The van der Waals surface area contributed by atoms with Gasteiger partial charge in [0.25, 0.3) is 5.91 Å². The molecule has 2 rings (SSSR count). The molecule has 1 heterocycles. The van der Waals surface area contributed by atoms with E-state index in [0.29, 0.717) is 11.3 Å². The van der Waals surface area contributed by atoms with Gasteiger partial charge in [0.1, 0.15) is 0 Å². The van der Waals surface area contributed by atoms with Crippen molar-refractivity contribution in [2.75, 3.05) is 18.8 Å². The number of carbonyl (C=O) groups excluding carboxylic acids is 1. The van der Waals surface area contributed by atoms with Crippen LogP contribution < -0.4 is 5.73 Å². The first kappa shape index (κ1) is 12.7. The standard InChI is InChI=1S/C13H17IN2O/c1-9-2-4-16(5-3-9)13(17)10-6-11(14)8-12(15)7-10/h6-9H,2-5,15H2,1H3. The molecule has 4 heteroatoms. The number of nitrogens with zero attached hydrogens (tertiary/aromatic N) is 1. The van der Waals surface area contributed by atoms with Crippen molar-refractivity contribution >= 4 is 34.2 Å². The van der Waals surface area contributed by atoms with Crippen LogP contribution in [0.4, 0.5) is 5.69 Å². The first-order chi connectivity index (χ1) is 8.06. The SMILES string of the molecule is CC1CCN(C(=O)c2cc(N)cc(I)c2)CC1. The number of rotatable bonds is 1. The average Bonchev–Trinajstić information content (AvgIpc) is 2.28. The molecule has 2 N–H and O–H groups in total. The summed E-state index contributed by atoms with van der Waals surface area (Å²) in [4.78, 5) is 14.2. The lowest BCUT2D eigenvalue weighted by atomic mass is 9.98. The molecule has 1 fully saturated rings. The minimum Gasteiger partial charge on any atom is -0.399 e. The van der Waals surface area contributed by atoms with Gasteiger partial charge in [-0.25, -0.2) is 0 Å². The molecule has 0 unspecified atom stereocenters. The number of amides is 1. The maximum Gasteiger partial charge on any atom is 0.253 e. The highest BCUT2D eigenvalue weighted by Gasteiger charge is 2.21. The molecule has 1 aliphatic heterocycles. The zero-order valence-electron chi connectivity index (χ0n) is 9.95. The zero-order valence-corrected chi connectivity index (χ0v) is 12.1. The predicted molar refractivity (Wildman–Crippen MR) is 77.9 cm³/mol. The Morgan fingerprint density at radius 1 is 1.35 bits per heavy atom. The van der Waals surface area contributed by atoms with Crippen LogP contribution in [0.25, 0.3) is 0 Å². The minimum atomic E-state index is 0.113. The van der Waals surface area contributed by atoms with E-state index >= 15 is 0 Å². The maximum absolute atomic E-state index is 12.3. The number of halogens is 1. The summed E-state index contributed by atoms with van der Waals surface area (Å²) in [7, 11) is 0. The molecular weight excluding hydrogens is 327 g/mol. The molecule has 1 amide bonds. The molecule has 3 nitrogen and oxygen atoms in total. The Hall–Kier alpha value is -0.780. The summed E-state index contributed by atoms with van der Waals surface area (Å²) in [5, 5.41) is 0. The number of benzene rings is 1. The Bertz CT molecular complexity index is 405. The molecule has 1 saturated heterocycles. The van der Waals surface area contributed by atoms with E-state index in [2.05, 4.69) is 29.5 Å². The van der Waals surface area contributed by atoms with Crippen molar-refractivity contribution < 1.29 is 4.79 Å². The first-order valence-corrected chi connectivity index (χ1v) is 6.99. The lowest BCUT2D eigenvalue weighted by Gasteiger charge is -2.30. The van der Waals surface area contributed by atoms with Crippen molar-refractivity contribution in [3.05, 3.63) is 27.3 Å². The van der Waals surface area contributed by atoms with Gasteiger partial charge in [-0.15, -0.1) is 0 Å². The van der Waals surface area contributed by atoms with Gasteiger partial charge in [-0.2, -0.15) is 0 Å². The number of likely N-dealkylation sites (tertiary alicyclic amines) is 1. The lowest BCUT2D eigenvalue weighted by Crippen LogP contribution is -2.37. The molecule has 0 aromatic heterocycles. The van der Waals surface area contributed by atoms with Crippen LogP contribution in [0, 0.1) is 9.49 Å². The summed E-state index contributed by atoms with van der Waals surface area (Å²) in [5.74, 6) is 0.849. The lowest BCUT2D eigenvalue weighted by molar-refractivity contribution is 0.0697. The van der Waals surface area contributed by atoms with Gasteiger partial charge in [-0.3, -0.25) is 4.79 Å². The third-order valence-corrected chi connectivity index (χ3v) is 3.86. The highest BCUT2D eigenvalue weighted by atomic mass is 127. The highest BCUT2D eigenvalue weighted by molar-refractivity contribution is 14.1. The second kappa shape index (κ2) is 5.25. The van der Waals surface area contributed by atoms with E-state index < -0.39 is 0 Å². The fourth-order valence-electron chi connectivity index (χ4n) is 2.13.